The summed E-state index contributed by atoms with van der Waals surface area (Å²) >= 11 is 0. The van der Waals surface area contributed by atoms with E-state index in [-0.39, 0.29) is 0 Å². The molecule has 0 saturated heterocycles. The van der Waals surface area contributed by atoms with Crippen molar-refractivity contribution < 1.29 is 0 Å². The lowest BCUT2D eigenvalue weighted by molar-refractivity contribution is 0.757. The first-order chi connectivity index (χ1) is 9.19. The van der Waals surface area contributed by atoms with Gasteiger partial charge in [0.1, 0.15) is 0 Å². The highest BCUT2D eigenvalue weighted by molar-refractivity contribution is 5.57. The summed E-state index contributed by atoms with van der Waals surface area (Å²) in [6, 6.07) is 1.98. The number of nitrogens with two attached hydrogens (primary N) is 1. The molecule has 3 aromatic heterocycles. The molecule has 0 unspecified atom stereocenters. The van der Waals surface area contributed by atoms with Gasteiger partial charge in [0.25, 0.3) is 0 Å². The number of nitrogens with zero attached hydrogens (tertiary/aromatic N) is 5. The van der Waals surface area contributed by atoms with Gasteiger partial charge in [-0.3, -0.25) is 0 Å². The van der Waals surface area contributed by atoms with E-state index in [1.807, 2.05) is 22.9 Å². The van der Waals surface area contributed by atoms with Gasteiger partial charge >= 0.3 is 0 Å². The number of hydrazine groups is 1. The summed E-state index contributed by atoms with van der Waals surface area (Å²) in [4.78, 5) is 8.71. The lowest BCUT2D eigenvalue weighted by Crippen LogP contribution is -2.12. The molecule has 0 amide bonds. The molecular formula is C12H15N7. The van der Waals surface area contributed by atoms with Crippen LogP contribution >= 0.6 is 0 Å². The maximum atomic E-state index is 5.43. The van der Waals surface area contributed by atoms with Crippen LogP contribution in [0.2, 0.25) is 0 Å². The largest absolute Gasteiger partial charge is 0.307 e. The first-order valence-corrected chi connectivity index (χ1v) is 6.05. The fraction of sp³-hybridized carbons (Fsp3) is 0.250. The summed E-state index contributed by atoms with van der Waals surface area (Å²) in [5.74, 6) is 7.01. The van der Waals surface area contributed by atoms with Gasteiger partial charge in [-0.1, -0.05) is 13.8 Å². The molecule has 0 aliphatic carbocycles. The van der Waals surface area contributed by atoms with Crippen LogP contribution in [0.3, 0.4) is 0 Å². The van der Waals surface area contributed by atoms with Crippen molar-refractivity contribution in [2.24, 2.45) is 5.84 Å². The lowest BCUT2D eigenvalue weighted by atomic mass is 10.1. The minimum Gasteiger partial charge on any atom is -0.307 e. The standard InChI is InChI=1S/C12H15N7/c1-8(2)9-3-5-19(17-9)12-11-14-4-6-18(11)7-10(15-12)16-13/h3-8,16H,13H2,1-2H3. The van der Waals surface area contributed by atoms with Crippen LogP contribution < -0.4 is 11.3 Å². The summed E-state index contributed by atoms with van der Waals surface area (Å²) in [5, 5.41) is 4.52. The fourth-order valence-electron chi connectivity index (χ4n) is 1.90. The summed E-state index contributed by atoms with van der Waals surface area (Å²) in [7, 11) is 0. The monoisotopic (exact) mass is 257 g/mol. The normalized spacial score (nSPS) is 11.4. The van der Waals surface area contributed by atoms with E-state index in [0.29, 0.717) is 17.6 Å². The summed E-state index contributed by atoms with van der Waals surface area (Å²) in [5.41, 5.74) is 4.29. The third kappa shape index (κ3) is 1.93. The van der Waals surface area contributed by atoms with Crippen LogP contribution in [0.5, 0.6) is 0 Å². The highest BCUT2D eigenvalue weighted by Gasteiger charge is 2.11. The number of nitrogens with one attached hydrogen (secondary N) is 1. The smallest absolute Gasteiger partial charge is 0.199 e. The van der Waals surface area contributed by atoms with Gasteiger partial charge in [0.15, 0.2) is 17.3 Å². The van der Waals surface area contributed by atoms with Crippen LogP contribution in [0.25, 0.3) is 11.5 Å². The lowest BCUT2D eigenvalue weighted by Gasteiger charge is -2.06. The van der Waals surface area contributed by atoms with Crippen LogP contribution in [0, 0.1) is 0 Å². The van der Waals surface area contributed by atoms with Gasteiger partial charge in [0.2, 0.25) is 0 Å². The Hall–Kier alpha value is -2.41. The van der Waals surface area contributed by atoms with Crippen LogP contribution in [-0.4, -0.2) is 24.1 Å². The van der Waals surface area contributed by atoms with Gasteiger partial charge in [-0.05, 0) is 12.0 Å². The minimum absolute atomic E-state index is 0.368. The van der Waals surface area contributed by atoms with Crippen LogP contribution in [0.4, 0.5) is 5.82 Å². The number of rotatable bonds is 3. The molecule has 3 rings (SSSR count). The molecule has 7 heteroatoms. The number of nitrogen functional groups attached to an aromatic ring is 1. The van der Waals surface area contributed by atoms with Crippen molar-refractivity contribution in [2.75, 3.05) is 5.43 Å². The molecule has 0 saturated carbocycles. The van der Waals surface area contributed by atoms with E-state index in [2.05, 4.69) is 34.3 Å². The van der Waals surface area contributed by atoms with E-state index < -0.39 is 0 Å². The van der Waals surface area contributed by atoms with E-state index in [1.54, 1.807) is 17.1 Å². The predicted octanol–water partition coefficient (Wildman–Crippen LogP) is 1.32. The highest BCUT2D eigenvalue weighted by Crippen LogP contribution is 2.17. The Morgan fingerprint density at radius 3 is 2.84 bits per heavy atom. The Labute approximate surface area is 110 Å². The van der Waals surface area contributed by atoms with Crippen molar-refractivity contribution in [1.29, 1.82) is 0 Å². The van der Waals surface area contributed by atoms with Crippen molar-refractivity contribution in [3.63, 3.8) is 0 Å². The van der Waals surface area contributed by atoms with Gasteiger partial charge < -0.3 is 9.83 Å². The topological polar surface area (TPSA) is 86.1 Å². The predicted molar refractivity (Wildman–Crippen MR) is 72.0 cm³/mol. The molecule has 7 nitrogen and oxygen atoms in total. The molecular weight excluding hydrogens is 242 g/mol. The Morgan fingerprint density at radius 2 is 2.16 bits per heavy atom. The highest BCUT2D eigenvalue weighted by atomic mass is 15.3. The molecule has 3 N–H and O–H groups in total. The van der Waals surface area contributed by atoms with E-state index in [0.717, 1.165) is 11.3 Å². The molecule has 0 bridgehead atoms. The first-order valence-electron chi connectivity index (χ1n) is 6.05. The van der Waals surface area contributed by atoms with Gasteiger partial charge in [0.05, 0.1) is 11.9 Å². The molecule has 3 heterocycles. The van der Waals surface area contributed by atoms with Gasteiger partial charge in [-0.15, -0.1) is 0 Å². The number of fused-ring (bicyclic) bond motifs is 1. The zero-order valence-electron chi connectivity index (χ0n) is 10.8. The second-order valence-corrected chi connectivity index (χ2v) is 4.59. The summed E-state index contributed by atoms with van der Waals surface area (Å²) in [6.45, 7) is 4.20. The van der Waals surface area contributed by atoms with E-state index in [4.69, 9.17) is 5.84 Å². The molecule has 0 aromatic carbocycles. The number of anilines is 1. The minimum atomic E-state index is 0.368. The number of aromatic nitrogens is 5. The molecule has 19 heavy (non-hydrogen) atoms. The molecule has 0 aliphatic rings. The van der Waals surface area contributed by atoms with Crippen molar-refractivity contribution in [2.45, 2.75) is 19.8 Å². The van der Waals surface area contributed by atoms with E-state index >= 15 is 0 Å². The average molecular weight is 257 g/mol. The van der Waals surface area contributed by atoms with Crippen LogP contribution in [-0.2, 0) is 0 Å². The zero-order chi connectivity index (χ0) is 13.4. The fourth-order valence-corrected chi connectivity index (χ4v) is 1.90. The Balaban J connectivity index is 2.19. The number of imidazole rings is 1. The SMILES string of the molecule is CC(C)c1ccn(-c2nc(NN)cn3ccnc23)n1. The Bertz CT molecular complexity index is 710. The number of hydrogen-bond donors (Lipinski definition) is 2. The van der Waals surface area contributed by atoms with E-state index in [9.17, 15) is 0 Å². The zero-order valence-corrected chi connectivity index (χ0v) is 10.8. The molecule has 0 atom stereocenters. The van der Waals surface area contributed by atoms with Crippen molar-refractivity contribution in [3.8, 4) is 5.82 Å². The maximum Gasteiger partial charge on any atom is 0.199 e. The van der Waals surface area contributed by atoms with Crippen molar-refractivity contribution >= 4 is 11.5 Å². The molecule has 0 fully saturated rings. The average Bonchev–Trinajstić information content (AvgIpc) is 3.06. The van der Waals surface area contributed by atoms with Gasteiger partial charge in [0, 0.05) is 18.6 Å². The number of hydrogen-bond acceptors (Lipinski definition) is 5. The quantitative estimate of drug-likeness (QED) is 0.546. The summed E-state index contributed by atoms with van der Waals surface area (Å²) < 4.78 is 3.58. The molecule has 0 spiro atoms. The molecule has 98 valence electrons. The summed E-state index contributed by atoms with van der Waals surface area (Å²) in [6.07, 6.45) is 7.22. The van der Waals surface area contributed by atoms with Crippen LogP contribution in [0.15, 0.2) is 30.9 Å². The van der Waals surface area contributed by atoms with Crippen molar-refractivity contribution in [1.82, 2.24) is 24.1 Å². The molecule has 0 radical (unpaired) electrons. The van der Waals surface area contributed by atoms with Crippen LogP contribution in [0.1, 0.15) is 25.5 Å². The second kappa shape index (κ2) is 4.36. The van der Waals surface area contributed by atoms with E-state index in [1.165, 1.54) is 0 Å². The Morgan fingerprint density at radius 1 is 1.32 bits per heavy atom. The van der Waals surface area contributed by atoms with Crippen molar-refractivity contribution in [3.05, 3.63) is 36.5 Å². The first kappa shape index (κ1) is 11.7. The third-order valence-electron chi connectivity index (χ3n) is 2.92. The maximum absolute atomic E-state index is 5.43. The third-order valence-corrected chi connectivity index (χ3v) is 2.92. The van der Waals surface area contributed by atoms with Gasteiger partial charge in [-0.2, -0.15) is 5.10 Å². The molecule has 3 aromatic rings. The second-order valence-electron chi connectivity index (χ2n) is 4.59. The van der Waals surface area contributed by atoms with Gasteiger partial charge in [-0.25, -0.2) is 20.5 Å². The Kier molecular flexibility index (Phi) is 2.68. The molecule has 0 aliphatic heterocycles.